The molecule has 0 aromatic heterocycles. The van der Waals surface area contributed by atoms with Gasteiger partial charge in [-0.05, 0) is 55.2 Å². The predicted molar refractivity (Wildman–Crippen MR) is 128 cm³/mol. The van der Waals surface area contributed by atoms with Crippen LogP contribution < -0.4 is 10.6 Å². The molecule has 0 saturated heterocycles. The van der Waals surface area contributed by atoms with Crippen LogP contribution in [-0.4, -0.2) is 44.0 Å². The second-order valence-electron chi connectivity index (χ2n) is 6.86. The van der Waals surface area contributed by atoms with Crippen molar-refractivity contribution in [3.8, 4) is 0 Å². The number of hydrogen-bond acceptors (Lipinski definition) is 2. The van der Waals surface area contributed by atoms with E-state index in [1.807, 2.05) is 37.3 Å². The molecule has 29 heavy (non-hydrogen) atoms. The maximum atomic E-state index is 13.4. The largest absolute Gasteiger partial charge is 0.357 e. The first kappa shape index (κ1) is 24.9. The Bertz CT molecular complexity index is 839. The van der Waals surface area contributed by atoms with Gasteiger partial charge in [0, 0.05) is 32.7 Å². The highest BCUT2D eigenvalue weighted by Gasteiger charge is 2.08. The molecule has 0 saturated carbocycles. The number of nitrogens with one attached hydrogen (secondary N) is 2. The summed E-state index contributed by atoms with van der Waals surface area (Å²) in [7, 11) is 3.50. The van der Waals surface area contributed by atoms with Gasteiger partial charge in [-0.15, -0.1) is 24.0 Å². The molecule has 5 nitrogen and oxygen atoms in total. The van der Waals surface area contributed by atoms with Gasteiger partial charge in [0.25, 0.3) is 5.91 Å². The quantitative estimate of drug-likeness (QED) is 0.338. The summed E-state index contributed by atoms with van der Waals surface area (Å²) in [4.78, 5) is 18.2. The first-order valence-corrected chi connectivity index (χ1v) is 9.48. The van der Waals surface area contributed by atoms with Crippen LogP contribution in [0.5, 0.6) is 0 Å². The van der Waals surface area contributed by atoms with E-state index in [0.29, 0.717) is 30.2 Å². The fourth-order valence-corrected chi connectivity index (χ4v) is 2.76. The second kappa shape index (κ2) is 12.4. The van der Waals surface area contributed by atoms with Gasteiger partial charge in [0.15, 0.2) is 5.96 Å². The van der Waals surface area contributed by atoms with Crippen LogP contribution in [0.4, 0.5) is 4.39 Å². The van der Waals surface area contributed by atoms with Crippen molar-refractivity contribution in [1.82, 2.24) is 15.5 Å². The number of aryl methyl sites for hydroxylation is 1. The number of guanidine groups is 1. The van der Waals surface area contributed by atoms with E-state index in [0.717, 1.165) is 24.1 Å². The zero-order valence-electron chi connectivity index (χ0n) is 17.5. The zero-order chi connectivity index (χ0) is 20.5. The van der Waals surface area contributed by atoms with Crippen LogP contribution in [0.3, 0.4) is 0 Å². The van der Waals surface area contributed by atoms with Gasteiger partial charge in [0.2, 0.25) is 0 Å². The number of carbonyl (C=O) groups excluding carboxylic acids is 1. The number of rotatable bonds is 7. The monoisotopic (exact) mass is 512 g/mol. The van der Waals surface area contributed by atoms with Gasteiger partial charge >= 0.3 is 0 Å². The summed E-state index contributed by atoms with van der Waals surface area (Å²) in [6.45, 7) is 5.68. The minimum absolute atomic E-state index is 0. The van der Waals surface area contributed by atoms with Crippen molar-refractivity contribution in [2.24, 2.45) is 4.99 Å². The van der Waals surface area contributed by atoms with Crippen molar-refractivity contribution >= 4 is 35.8 Å². The molecule has 0 unspecified atom stereocenters. The lowest BCUT2D eigenvalue weighted by Crippen LogP contribution is -2.38. The van der Waals surface area contributed by atoms with Gasteiger partial charge in [0.1, 0.15) is 5.82 Å². The highest BCUT2D eigenvalue weighted by molar-refractivity contribution is 14.0. The normalized spacial score (nSPS) is 10.9. The Morgan fingerprint density at radius 2 is 1.86 bits per heavy atom. The molecule has 7 heteroatoms. The molecule has 2 aromatic carbocycles. The molecule has 2 aromatic rings. The molecule has 0 spiro atoms. The van der Waals surface area contributed by atoms with Crippen LogP contribution in [0, 0.1) is 12.7 Å². The smallest absolute Gasteiger partial charge is 0.253 e. The molecule has 0 aliphatic carbocycles. The lowest BCUT2D eigenvalue weighted by molar-refractivity contribution is 0.0827. The predicted octanol–water partition coefficient (Wildman–Crippen LogP) is 3.75. The molecule has 0 aliphatic rings. The van der Waals surface area contributed by atoms with Crippen LogP contribution in [0.1, 0.15) is 34.0 Å². The third-order valence-electron chi connectivity index (χ3n) is 4.27. The molecular weight excluding hydrogens is 482 g/mol. The molecule has 0 atom stereocenters. The average Bonchev–Trinajstić information content (AvgIpc) is 2.68. The Labute approximate surface area is 189 Å². The molecule has 2 N–H and O–H groups in total. The van der Waals surface area contributed by atoms with Crippen molar-refractivity contribution in [3.63, 3.8) is 0 Å². The molecule has 1 amide bonds. The number of aliphatic imine (C=N–C) groups is 1. The van der Waals surface area contributed by atoms with Gasteiger partial charge < -0.3 is 15.5 Å². The first-order valence-electron chi connectivity index (χ1n) is 9.48. The third kappa shape index (κ3) is 8.00. The van der Waals surface area contributed by atoms with E-state index in [9.17, 15) is 9.18 Å². The molecule has 0 radical (unpaired) electrons. The lowest BCUT2D eigenvalue weighted by Gasteiger charge is -2.13. The van der Waals surface area contributed by atoms with E-state index in [1.165, 1.54) is 6.07 Å². The fraction of sp³-hybridized carbons (Fsp3) is 0.364. The number of carbonyl (C=O) groups is 1. The zero-order valence-corrected chi connectivity index (χ0v) is 19.8. The summed E-state index contributed by atoms with van der Waals surface area (Å²) < 4.78 is 13.4. The first-order chi connectivity index (χ1) is 13.4. The summed E-state index contributed by atoms with van der Waals surface area (Å²) >= 11 is 0. The van der Waals surface area contributed by atoms with E-state index in [-0.39, 0.29) is 35.7 Å². The maximum Gasteiger partial charge on any atom is 0.253 e. The van der Waals surface area contributed by atoms with Crippen LogP contribution in [0.2, 0.25) is 0 Å². The van der Waals surface area contributed by atoms with E-state index in [2.05, 4.69) is 15.6 Å². The van der Waals surface area contributed by atoms with Gasteiger partial charge in [-0.25, -0.2) is 9.38 Å². The molecule has 0 aliphatic heterocycles. The summed E-state index contributed by atoms with van der Waals surface area (Å²) in [6, 6.07) is 12.7. The van der Waals surface area contributed by atoms with Crippen LogP contribution in [-0.2, 0) is 13.0 Å². The van der Waals surface area contributed by atoms with E-state index in [1.54, 1.807) is 32.0 Å². The SMILES string of the molecule is CCNC(=NCc1ccc(F)c(C)c1)NCCc1cccc(C(=O)N(C)C)c1.I. The standard InChI is InChI=1S/C22H29FN4O.HI/c1-5-24-22(26-15-18-9-10-20(23)16(2)13-18)25-12-11-17-7-6-8-19(14-17)21(28)27(3)4;/h6-10,13-14H,5,11-12,15H2,1-4H3,(H2,24,25,26);1H. The van der Waals surface area contributed by atoms with Crippen molar-refractivity contribution < 1.29 is 9.18 Å². The molecule has 0 heterocycles. The van der Waals surface area contributed by atoms with Gasteiger partial charge in [-0.1, -0.05) is 24.3 Å². The number of amides is 1. The van der Waals surface area contributed by atoms with Crippen LogP contribution >= 0.6 is 24.0 Å². The van der Waals surface area contributed by atoms with E-state index >= 15 is 0 Å². The molecule has 0 fully saturated rings. The molecular formula is C22H30FIN4O. The van der Waals surface area contributed by atoms with Crippen LogP contribution in [0.15, 0.2) is 47.5 Å². The Morgan fingerprint density at radius 1 is 1.10 bits per heavy atom. The van der Waals surface area contributed by atoms with Crippen molar-refractivity contribution in [2.75, 3.05) is 27.2 Å². The topological polar surface area (TPSA) is 56.7 Å². The molecule has 158 valence electrons. The summed E-state index contributed by atoms with van der Waals surface area (Å²) in [5.74, 6) is 0.511. The fourth-order valence-electron chi connectivity index (χ4n) is 2.76. The average molecular weight is 512 g/mol. The van der Waals surface area contributed by atoms with E-state index in [4.69, 9.17) is 0 Å². The number of halogens is 2. The Hall–Kier alpha value is -2.16. The van der Waals surface area contributed by atoms with Crippen molar-refractivity contribution in [2.45, 2.75) is 26.8 Å². The minimum atomic E-state index is -0.201. The highest BCUT2D eigenvalue weighted by atomic mass is 127. The molecule has 0 bridgehead atoms. The second-order valence-corrected chi connectivity index (χ2v) is 6.86. The van der Waals surface area contributed by atoms with E-state index < -0.39 is 0 Å². The Morgan fingerprint density at radius 3 is 2.52 bits per heavy atom. The third-order valence-corrected chi connectivity index (χ3v) is 4.27. The highest BCUT2D eigenvalue weighted by Crippen LogP contribution is 2.10. The maximum absolute atomic E-state index is 13.4. The number of nitrogens with zero attached hydrogens (tertiary/aromatic N) is 2. The summed E-state index contributed by atoms with van der Waals surface area (Å²) in [5, 5.41) is 6.52. The van der Waals surface area contributed by atoms with Crippen molar-refractivity contribution in [3.05, 3.63) is 70.5 Å². The summed E-state index contributed by atoms with van der Waals surface area (Å²) in [5.41, 5.74) is 3.36. The Balaban J connectivity index is 0.00000420. The number of benzene rings is 2. The lowest BCUT2D eigenvalue weighted by atomic mass is 10.1. The van der Waals surface area contributed by atoms with Gasteiger partial charge in [0.05, 0.1) is 6.54 Å². The van der Waals surface area contributed by atoms with Crippen molar-refractivity contribution in [1.29, 1.82) is 0 Å². The summed E-state index contributed by atoms with van der Waals surface area (Å²) in [6.07, 6.45) is 0.772. The van der Waals surface area contributed by atoms with Crippen LogP contribution in [0.25, 0.3) is 0 Å². The van der Waals surface area contributed by atoms with Gasteiger partial charge in [-0.3, -0.25) is 4.79 Å². The Kier molecular flexibility index (Phi) is 10.6. The minimum Gasteiger partial charge on any atom is -0.357 e. The van der Waals surface area contributed by atoms with Gasteiger partial charge in [-0.2, -0.15) is 0 Å². The number of hydrogen-bond donors (Lipinski definition) is 2. The molecule has 2 rings (SSSR count).